The molecule has 2 aromatic rings. The third-order valence-electron chi connectivity index (χ3n) is 4.31. The van der Waals surface area contributed by atoms with Gasteiger partial charge in [0.1, 0.15) is 0 Å². The summed E-state index contributed by atoms with van der Waals surface area (Å²) in [6.07, 6.45) is 2.67. The van der Waals surface area contributed by atoms with E-state index in [9.17, 15) is 13.2 Å². The highest BCUT2D eigenvalue weighted by atomic mass is 32.2. The number of hydrogen-bond donors (Lipinski definition) is 1. The Morgan fingerprint density at radius 1 is 1.04 bits per heavy atom. The molecule has 1 saturated heterocycles. The van der Waals surface area contributed by atoms with Crippen molar-refractivity contribution in [1.29, 1.82) is 5.26 Å². The zero-order valence-corrected chi connectivity index (χ0v) is 15.0. The largest absolute Gasteiger partial charge is 0.322 e. The Balaban J connectivity index is 1.91. The summed E-state index contributed by atoms with van der Waals surface area (Å²) < 4.78 is 27.4. The number of carbonyl (C=O) groups is 1. The Morgan fingerprint density at radius 3 is 2.50 bits per heavy atom. The molecule has 1 amide bonds. The van der Waals surface area contributed by atoms with Gasteiger partial charge in [-0.2, -0.15) is 9.57 Å². The van der Waals surface area contributed by atoms with Crippen LogP contribution in [0.5, 0.6) is 0 Å². The molecule has 1 heterocycles. The lowest BCUT2D eigenvalue weighted by molar-refractivity contribution is 0.102. The van der Waals surface area contributed by atoms with Crippen molar-refractivity contribution < 1.29 is 13.2 Å². The van der Waals surface area contributed by atoms with Gasteiger partial charge in [-0.05, 0) is 43.2 Å². The molecule has 1 N–H and O–H groups in total. The molecule has 1 aliphatic rings. The summed E-state index contributed by atoms with van der Waals surface area (Å²) >= 11 is 0. The predicted octanol–water partition coefficient (Wildman–Crippen LogP) is 2.99. The second-order valence-corrected chi connectivity index (χ2v) is 8.01. The van der Waals surface area contributed by atoms with E-state index in [2.05, 4.69) is 5.32 Å². The monoisotopic (exact) mass is 369 g/mol. The fourth-order valence-corrected chi connectivity index (χ4v) is 4.69. The first-order valence-corrected chi connectivity index (χ1v) is 9.87. The molecule has 0 bridgehead atoms. The predicted molar refractivity (Wildman–Crippen MR) is 98.2 cm³/mol. The molecule has 0 aliphatic carbocycles. The van der Waals surface area contributed by atoms with Gasteiger partial charge in [0.25, 0.3) is 5.91 Å². The van der Waals surface area contributed by atoms with Crippen LogP contribution in [0, 0.1) is 11.3 Å². The first kappa shape index (κ1) is 18.1. The van der Waals surface area contributed by atoms with Crippen molar-refractivity contribution in [3.8, 4) is 6.07 Å². The maximum Gasteiger partial charge on any atom is 0.257 e. The van der Waals surface area contributed by atoms with Crippen molar-refractivity contribution in [2.75, 3.05) is 18.4 Å². The Kier molecular flexibility index (Phi) is 5.35. The van der Waals surface area contributed by atoms with Gasteiger partial charge in [-0.3, -0.25) is 4.79 Å². The van der Waals surface area contributed by atoms with Crippen LogP contribution < -0.4 is 5.32 Å². The van der Waals surface area contributed by atoms with Gasteiger partial charge in [0.15, 0.2) is 0 Å². The lowest BCUT2D eigenvalue weighted by atomic mass is 10.2. The molecule has 0 saturated carbocycles. The topological polar surface area (TPSA) is 90.3 Å². The zero-order valence-electron chi connectivity index (χ0n) is 14.2. The van der Waals surface area contributed by atoms with Crippen LogP contribution in [0.15, 0.2) is 53.4 Å². The lowest BCUT2D eigenvalue weighted by Crippen LogP contribution is -2.36. The first-order valence-electron chi connectivity index (χ1n) is 8.43. The zero-order chi connectivity index (χ0) is 18.6. The van der Waals surface area contributed by atoms with E-state index in [4.69, 9.17) is 5.26 Å². The minimum atomic E-state index is -3.72. The molecule has 134 valence electrons. The van der Waals surface area contributed by atoms with Gasteiger partial charge in [-0.15, -0.1) is 0 Å². The number of hydrogen-bond acceptors (Lipinski definition) is 4. The van der Waals surface area contributed by atoms with Crippen molar-refractivity contribution in [3.63, 3.8) is 0 Å². The van der Waals surface area contributed by atoms with E-state index in [1.165, 1.54) is 16.4 Å². The number of piperidine rings is 1. The van der Waals surface area contributed by atoms with E-state index >= 15 is 0 Å². The van der Waals surface area contributed by atoms with Crippen molar-refractivity contribution in [3.05, 3.63) is 59.7 Å². The summed E-state index contributed by atoms with van der Waals surface area (Å²) in [6.45, 7) is 0.949. The van der Waals surface area contributed by atoms with E-state index in [-0.39, 0.29) is 10.5 Å². The number of benzene rings is 2. The van der Waals surface area contributed by atoms with E-state index < -0.39 is 15.9 Å². The Bertz CT molecular complexity index is 958. The molecule has 0 aromatic heterocycles. The number of sulfonamides is 1. The summed E-state index contributed by atoms with van der Waals surface area (Å²) in [4.78, 5) is 12.7. The number of nitrogens with zero attached hydrogens (tertiary/aromatic N) is 2. The number of rotatable bonds is 4. The molecule has 0 unspecified atom stereocenters. The van der Waals surface area contributed by atoms with Crippen LogP contribution in [-0.4, -0.2) is 31.7 Å². The summed E-state index contributed by atoms with van der Waals surface area (Å²) in [5.74, 6) is -0.517. The quantitative estimate of drug-likeness (QED) is 0.897. The van der Waals surface area contributed by atoms with Gasteiger partial charge in [0.05, 0.1) is 22.1 Å². The second-order valence-electron chi connectivity index (χ2n) is 6.11. The van der Waals surface area contributed by atoms with Crippen LogP contribution in [0.3, 0.4) is 0 Å². The fraction of sp³-hybridized carbons (Fsp3) is 0.263. The SMILES string of the molecule is N#Cc1cccc(NC(=O)c2ccccc2S(=O)(=O)N2CCCCC2)c1. The van der Waals surface area contributed by atoms with E-state index in [1.54, 1.807) is 36.4 Å². The highest BCUT2D eigenvalue weighted by molar-refractivity contribution is 7.89. The van der Waals surface area contributed by atoms with E-state index in [0.29, 0.717) is 24.3 Å². The maximum absolute atomic E-state index is 13.0. The third-order valence-corrected chi connectivity index (χ3v) is 6.27. The summed E-state index contributed by atoms with van der Waals surface area (Å²) in [7, 11) is -3.72. The average Bonchev–Trinajstić information content (AvgIpc) is 2.68. The first-order chi connectivity index (χ1) is 12.5. The van der Waals surface area contributed by atoms with Gasteiger partial charge in [0, 0.05) is 18.8 Å². The molecule has 2 aromatic carbocycles. The van der Waals surface area contributed by atoms with Crippen molar-refractivity contribution in [1.82, 2.24) is 4.31 Å². The summed E-state index contributed by atoms with van der Waals surface area (Å²) in [6, 6.07) is 14.7. The van der Waals surface area contributed by atoms with Crippen LogP contribution in [-0.2, 0) is 10.0 Å². The Labute approximate surface area is 153 Å². The normalized spacial score (nSPS) is 15.2. The number of anilines is 1. The van der Waals surface area contributed by atoms with Crippen LogP contribution in [0.2, 0.25) is 0 Å². The van der Waals surface area contributed by atoms with Gasteiger partial charge in [-0.25, -0.2) is 8.42 Å². The van der Waals surface area contributed by atoms with Gasteiger partial charge in [0.2, 0.25) is 10.0 Å². The smallest absolute Gasteiger partial charge is 0.257 e. The molecule has 1 fully saturated rings. The van der Waals surface area contributed by atoms with Crippen LogP contribution in [0.1, 0.15) is 35.2 Å². The maximum atomic E-state index is 13.0. The Morgan fingerprint density at radius 2 is 1.77 bits per heavy atom. The highest BCUT2D eigenvalue weighted by Gasteiger charge is 2.29. The number of nitrogens with one attached hydrogen (secondary N) is 1. The fourth-order valence-electron chi connectivity index (χ4n) is 2.99. The third kappa shape index (κ3) is 3.77. The molecule has 26 heavy (non-hydrogen) atoms. The standard InChI is InChI=1S/C19H19N3O3S/c20-14-15-7-6-8-16(13-15)21-19(23)17-9-2-3-10-18(17)26(24,25)22-11-4-1-5-12-22/h2-3,6-10,13H,1,4-5,11-12H2,(H,21,23). The molecule has 3 rings (SSSR count). The minimum absolute atomic E-state index is 0.0100. The number of carbonyl (C=O) groups excluding carboxylic acids is 1. The molecule has 0 radical (unpaired) electrons. The molecule has 6 nitrogen and oxygen atoms in total. The van der Waals surface area contributed by atoms with Crippen molar-refractivity contribution in [2.24, 2.45) is 0 Å². The van der Waals surface area contributed by atoms with Crippen molar-refractivity contribution >= 4 is 21.6 Å². The van der Waals surface area contributed by atoms with Crippen molar-refractivity contribution in [2.45, 2.75) is 24.2 Å². The van der Waals surface area contributed by atoms with Crippen LogP contribution >= 0.6 is 0 Å². The van der Waals surface area contributed by atoms with Gasteiger partial charge in [-0.1, -0.05) is 24.6 Å². The molecule has 0 atom stereocenters. The highest BCUT2D eigenvalue weighted by Crippen LogP contribution is 2.24. The van der Waals surface area contributed by atoms with Crippen LogP contribution in [0.25, 0.3) is 0 Å². The van der Waals surface area contributed by atoms with Gasteiger partial charge >= 0.3 is 0 Å². The number of amides is 1. The molecular formula is C19H19N3O3S. The lowest BCUT2D eigenvalue weighted by Gasteiger charge is -2.26. The summed E-state index contributed by atoms with van der Waals surface area (Å²) in [5.41, 5.74) is 0.955. The molecule has 1 aliphatic heterocycles. The average molecular weight is 369 g/mol. The summed E-state index contributed by atoms with van der Waals surface area (Å²) in [5, 5.41) is 11.6. The van der Waals surface area contributed by atoms with E-state index in [0.717, 1.165) is 19.3 Å². The van der Waals surface area contributed by atoms with Crippen LogP contribution in [0.4, 0.5) is 5.69 Å². The molecule has 0 spiro atoms. The molecule has 7 heteroatoms. The Hall–Kier alpha value is -2.69. The molecular weight excluding hydrogens is 350 g/mol. The minimum Gasteiger partial charge on any atom is -0.322 e. The number of nitriles is 1. The van der Waals surface area contributed by atoms with Gasteiger partial charge < -0.3 is 5.32 Å². The second kappa shape index (κ2) is 7.68. The van der Waals surface area contributed by atoms with E-state index in [1.807, 2.05) is 6.07 Å².